The van der Waals surface area contributed by atoms with Gasteiger partial charge in [0.1, 0.15) is 4.90 Å². The third kappa shape index (κ3) is 3.77. The molecule has 1 aromatic rings. The Morgan fingerprint density at radius 2 is 2.00 bits per heavy atom. The number of aliphatic hydroxyl groups is 2. The minimum absolute atomic E-state index is 0.295. The number of nitrogens with zero attached hydrogens (tertiary/aromatic N) is 1. The molecule has 0 aliphatic carbocycles. The quantitative estimate of drug-likeness (QED) is 0.197. The van der Waals surface area contributed by atoms with Gasteiger partial charge in [-0.2, -0.15) is 8.42 Å². The summed E-state index contributed by atoms with van der Waals surface area (Å²) >= 11 is 0. The number of nitro groups is 1. The Hall–Kier alpha value is -1.95. The van der Waals surface area contributed by atoms with Gasteiger partial charge in [-0.3, -0.25) is 14.7 Å². The first-order valence-corrected chi connectivity index (χ1v) is 6.62. The number of nitrogens with one attached hydrogen (secondary N) is 1. The lowest BCUT2D eigenvalue weighted by molar-refractivity contribution is -0.385. The van der Waals surface area contributed by atoms with E-state index in [0.29, 0.717) is 6.07 Å². The molecule has 5 N–H and O–H groups in total. The van der Waals surface area contributed by atoms with Crippen LogP contribution < -0.4 is 5.32 Å². The van der Waals surface area contributed by atoms with E-state index in [2.05, 4.69) is 5.32 Å². The Balaban J connectivity index is 3.29. The molecule has 11 heteroatoms. The van der Waals surface area contributed by atoms with E-state index in [9.17, 15) is 23.6 Å². The van der Waals surface area contributed by atoms with Gasteiger partial charge in [-0.25, -0.2) is 0 Å². The van der Waals surface area contributed by atoms with E-state index in [4.69, 9.17) is 14.8 Å². The van der Waals surface area contributed by atoms with E-state index in [1.54, 1.807) is 0 Å². The second-order valence-corrected chi connectivity index (χ2v) is 5.18. The van der Waals surface area contributed by atoms with Gasteiger partial charge in [0, 0.05) is 18.7 Å². The van der Waals surface area contributed by atoms with E-state index in [0.717, 1.165) is 6.07 Å². The molecule has 0 radical (unpaired) electrons. The maximum absolute atomic E-state index is 11.0. The Labute approximate surface area is 113 Å². The number of nitro benzene ring substituents is 1. The zero-order chi connectivity index (χ0) is 15.5. The van der Waals surface area contributed by atoms with Crippen molar-refractivity contribution in [3.63, 3.8) is 0 Å². The molecular weight excluding hydrogens is 296 g/mol. The zero-order valence-corrected chi connectivity index (χ0v) is 10.7. The van der Waals surface area contributed by atoms with Crippen LogP contribution in [0.15, 0.2) is 17.0 Å². The molecule has 0 amide bonds. The van der Waals surface area contributed by atoms with Crippen molar-refractivity contribution in [2.24, 2.45) is 0 Å². The highest BCUT2D eigenvalue weighted by Crippen LogP contribution is 2.35. The molecule has 0 heterocycles. The summed E-state index contributed by atoms with van der Waals surface area (Å²) in [6.07, 6.45) is -1.22. The average molecular weight is 308 g/mol. The highest BCUT2D eigenvalue weighted by atomic mass is 32.2. The van der Waals surface area contributed by atoms with Gasteiger partial charge in [0.05, 0.1) is 23.3 Å². The van der Waals surface area contributed by atoms with Crippen molar-refractivity contribution in [2.45, 2.75) is 11.0 Å². The molecule has 112 valence electrons. The minimum atomic E-state index is -4.86. The van der Waals surface area contributed by atoms with Crippen LogP contribution in [0.25, 0.3) is 0 Å². The predicted molar refractivity (Wildman–Crippen MR) is 66.2 cm³/mol. The van der Waals surface area contributed by atoms with Gasteiger partial charge < -0.3 is 20.6 Å². The van der Waals surface area contributed by atoms with Crippen LogP contribution in [0.3, 0.4) is 0 Å². The summed E-state index contributed by atoms with van der Waals surface area (Å²) < 4.78 is 31.0. The summed E-state index contributed by atoms with van der Waals surface area (Å²) in [6, 6.07) is 1.33. The third-order valence-corrected chi connectivity index (χ3v) is 3.15. The Morgan fingerprint density at radius 1 is 1.40 bits per heavy atom. The number of phenolic OH excluding ortho intramolecular Hbond substituents is 1. The molecule has 0 fully saturated rings. The monoisotopic (exact) mass is 308 g/mol. The third-order valence-electron chi connectivity index (χ3n) is 2.29. The van der Waals surface area contributed by atoms with Crippen LogP contribution in [-0.4, -0.2) is 52.5 Å². The molecule has 0 saturated carbocycles. The highest BCUT2D eigenvalue weighted by molar-refractivity contribution is 7.86. The van der Waals surface area contributed by atoms with Crippen molar-refractivity contribution in [1.29, 1.82) is 0 Å². The van der Waals surface area contributed by atoms with E-state index < -0.39 is 44.1 Å². The largest absolute Gasteiger partial charge is 0.504 e. The molecule has 0 spiro atoms. The fourth-order valence-electron chi connectivity index (χ4n) is 1.32. The summed E-state index contributed by atoms with van der Waals surface area (Å²) in [5.41, 5.74) is -1.06. The number of rotatable bonds is 6. The lowest BCUT2D eigenvalue weighted by Gasteiger charge is -2.13. The lowest BCUT2D eigenvalue weighted by atomic mass is 10.2. The first kappa shape index (κ1) is 16.1. The average Bonchev–Trinajstić information content (AvgIpc) is 2.35. The van der Waals surface area contributed by atoms with Gasteiger partial charge >= 0.3 is 0 Å². The number of hydrogen-bond acceptors (Lipinski definition) is 8. The fraction of sp³-hybridized carbons (Fsp3) is 0.333. The molecule has 0 aromatic heterocycles. The van der Waals surface area contributed by atoms with Crippen molar-refractivity contribution >= 4 is 21.5 Å². The van der Waals surface area contributed by atoms with Crippen molar-refractivity contribution < 1.29 is 33.2 Å². The predicted octanol–water partition coefficient (Wildman–Crippen LogP) is -0.688. The molecule has 0 saturated heterocycles. The molecule has 0 aliphatic rings. The van der Waals surface area contributed by atoms with Gasteiger partial charge in [0.2, 0.25) is 0 Å². The maximum Gasteiger partial charge on any atom is 0.298 e. The molecule has 1 unspecified atom stereocenters. The molecular formula is C9H12N2O8S. The van der Waals surface area contributed by atoms with Gasteiger partial charge in [-0.1, -0.05) is 0 Å². The number of aliphatic hydroxyl groups excluding tert-OH is 2. The molecule has 0 bridgehead atoms. The number of phenols is 1. The van der Waals surface area contributed by atoms with Gasteiger partial charge in [0.15, 0.2) is 5.75 Å². The van der Waals surface area contributed by atoms with Crippen LogP contribution in [0.5, 0.6) is 5.75 Å². The van der Waals surface area contributed by atoms with Crippen LogP contribution in [0.4, 0.5) is 11.4 Å². The molecule has 1 aromatic carbocycles. The summed E-state index contributed by atoms with van der Waals surface area (Å²) in [7, 11) is -4.86. The smallest absolute Gasteiger partial charge is 0.298 e. The molecule has 20 heavy (non-hydrogen) atoms. The zero-order valence-electron chi connectivity index (χ0n) is 9.92. The van der Waals surface area contributed by atoms with Gasteiger partial charge in [-0.05, 0) is 0 Å². The number of benzene rings is 1. The summed E-state index contributed by atoms with van der Waals surface area (Å²) in [5, 5.41) is 40.4. The summed E-state index contributed by atoms with van der Waals surface area (Å²) in [4.78, 5) is 8.72. The standard InChI is InChI=1S/C9H12N2O8S/c12-4-6(13)3-10-7-1-5(11(15)16)2-8(9(7)14)20(17,18)19/h1-2,6,10,12-14H,3-4H2,(H,17,18,19). The van der Waals surface area contributed by atoms with E-state index in [1.807, 2.05) is 0 Å². The number of non-ortho nitro benzene ring substituents is 1. The Morgan fingerprint density at radius 3 is 2.45 bits per heavy atom. The molecule has 1 rings (SSSR count). The van der Waals surface area contributed by atoms with E-state index >= 15 is 0 Å². The second-order valence-electron chi connectivity index (χ2n) is 3.79. The van der Waals surface area contributed by atoms with Crippen LogP contribution in [0.2, 0.25) is 0 Å². The van der Waals surface area contributed by atoms with Crippen LogP contribution >= 0.6 is 0 Å². The fourth-order valence-corrected chi connectivity index (χ4v) is 1.95. The van der Waals surface area contributed by atoms with Crippen molar-refractivity contribution in [2.75, 3.05) is 18.5 Å². The van der Waals surface area contributed by atoms with Crippen LogP contribution in [-0.2, 0) is 10.1 Å². The van der Waals surface area contributed by atoms with E-state index in [-0.39, 0.29) is 12.2 Å². The first-order valence-electron chi connectivity index (χ1n) is 5.18. The second kappa shape index (κ2) is 6.00. The number of hydrogen-bond donors (Lipinski definition) is 5. The normalized spacial score (nSPS) is 12.9. The Bertz CT molecular complexity index is 615. The topological polar surface area (TPSA) is 170 Å². The summed E-state index contributed by atoms with van der Waals surface area (Å²) in [6.45, 7) is -0.899. The molecule has 10 nitrogen and oxygen atoms in total. The van der Waals surface area contributed by atoms with Gasteiger partial charge in [-0.15, -0.1) is 0 Å². The lowest BCUT2D eigenvalue weighted by Crippen LogP contribution is -2.23. The number of aromatic hydroxyl groups is 1. The minimum Gasteiger partial charge on any atom is -0.504 e. The SMILES string of the molecule is O=[N+]([O-])c1cc(NCC(O)CO)c(O)c(S(=O)(=O)O)c1. The maximum atomic E-state index is 11.0. The van der Waals surface area contributed by atoms with Crippen LogP contribution in [0, 0.1) is 10.1 Å². The van der Waals surface area contributed by atoms with Crippen molar-refractivity contribution in [1.82, 2.24) is 0 Å². The summed E-state index contributed by atoms with van der Waals surface area (Å²) in [5.74, 6) is -0.928. The van der Waals surface area contributed by atoms with Gasteiger partial charge in [0.25, 0.3) is 15.8 Å². The molecule has 1 atom stereocenters. The first-order chi connectivity index (χ1) is 9.16. The highest BCUT2D eigenvalue weighted by Gasteiger charge is 2.24. The van der Waals surface area contributed by atoms with Crippen LogP contribution in [0.1, 0.15) is 0 Å². The van der Waals surface area contributed by atoms with E-state index in [1.165, 1.54) is 0 Å². The Kier molecular flexibility index (Phi) is 4.83. The molecule has 0 aliphatic heterocycles. The number of anilines is 1. The van der Waals surface area contributed by atoms with Crippen molar-refractivity contribution in [3.05, 3.63) is 22.2 Å². The van der Waals surface area contributed by atoms with Crippen molar-refractivity contribution in [3.8, 4) is 5.75 Å².